The standard InChI is InChI=1S/C25H33ClN2O5S/c1-6-20(28(34(5,30)31)21-15-17(26)13-14-23(21)32-4)24(29)27-19-16-25(7-2,8-3)33-22-12-10-9-11-18(19)22/h9-15,19-20H,6-8,16H2,1-5H3,(H,27,29). The molecular weight excluding hydrogens is 476 g/mol. The second-order valence-corrected chi connectivity index (χ2v) is 10.9. The zero-order valence-electron chi connectivity index (χ0n) is 20.3. The normalized spacial score (nSPS) is 17.8. The zero-order chi connectivity index (χ0) is 25.1. The van der Waals surface area contributed by atoms with E-state index in [1.807, 2.05) is 24.3 Å². The molecule has 0 spiro atoms. The van der Waals surface area contributed by atoms with E-state index in [2.05, 4.69) is 19.2 Å². The van der Waals surface area contributed by atoms with Crippen molar-refractivity contribution in [3.8, 4) is 11.5 Å². The molecule has 1 N–H and O–H groups in total. The van der Waals surface area contributed by atoms with Gasteiger partial charge in [0.1, 0.15) is 23.1 Å². The lowest BCUT2D eigenvalue weighted by molar-refractivity contribution is -0.123. The Morgan fingerprint density at radius 3 is 2.50 bits per heavy atom. The largest absolute Gasteiger partial charge is 0.495 e. The van der Waals surface area contributed by atoms with Crippen LogP contribution in [0.25, 0.3) is 0 Å². The van der Waals surface area contributed by atoms with Crippen molar-refractivity contribution in [1.82, 2.24) is 5.32 Å². The van der Waals surface area contributed by atoms with Crippen LogP contribution in [0.4, 0.5) is 5.69 Å². The summed E-state index contributed by atoms with van der Waals surface area (Å²) in [7, 11) is -2.40. The molecule has 1 amide bonds. The lowest BCUT2D eigenvalue weighted by atomic mass is 9.83. The Morgan fingerprint density at radius 1 is 1.24 bits per heavy atom. The molecule has 186 valence electrons. The fourth-order valence-corrected chi connectivity index (χ4v) is 5.94. The Hall–Kier alpha value is -2.45. The van der Waals surface area contributed by atoms with Gasteiger partial charge in [-0.2, -0.15) is 0 Å². The highest BCUT2D eigenvalue weighted by atomic mass is 35.5. The van der Waals surface area contributed by atoms with Crippen LogP contribution >= 0.6 is 11.6 Å². The molecule has 0 bridgehead atoms. The molecule has 9 heteroatoms. The number of halogens is 1. The third-order valence-electron chi connectivity index (χ3n) is 6.51. The summed E-state index contributed by atoms with van der Waals surface area (Å²) < 4.78 is 38.7. The maximum atomic E-state index is 13.7. The van der Waals surface area contributed by atoms with Crippen LogP contribution in [0, 0.1) is 0 Å². The summed E-state index contributed by atoms with van der Waals surface area (Å²) in [6.07, 6.45) is 3.50. The molecule has 2 aromatic carbocycles. The number of nitrogens with zero attached hydrogens (tertiary/aromatic N) is 1. The molecule has 34 heavy (non-hydrogen) atoms. The summed E-state index contributed by atoms with van der Waals surface area (Å²) in [5.74, 6) is 0.665. The fourth-order valence-electron chi connectivity index (χ4n) is 4.57. The lowest BCUT2D eigenvalue weighted by Gasteiger charge is -2.42. The van der Waals surface area contributed by atoms with E-state index in [0.717, 1.165) is 34.7 Å². The van der Waals surface area contributed by atoms with Crippen molar-refractivity contribution in [2.24, 2.45) is 0 Å². The molecule has 0 aliphatic carbocycles. The molecule has 0 saturated heterocycles. The number of para-hydroxylation sites is 1. The molecule has 0 aromatic heterocycles. The van der Waals surface area contributed by atoms with E-state index in [1.54, 1.807) is 19.1 Å². The van der Waals surface area contributed by atoms with Crippen molar-refractivity contribution in [3.63, 3.8) is 0 Å². The summed E-state index contributed by atoms with van der Waals surface area (Å²) >= 11 is 6.18. The Balaban J connectivity index is 2.01. The molecule has 2 atom stereocenters. The quantitative estimate of drug-likeness (QED) is 0.510. The first-order valence-corrected chi connectivity index (χ1v) is 13.7. The number of amides is 1. The minimum absolute atomic E-state index is 0.225. The van der Waals surface area contributed by atoms with Gasteiger partial charge in [-0.3, -0.25) is 9.10 Å². The van der Waals surface area contributed by atoms with Gasteiger partial charge in [0.2, 0.25) is 15.9 Å². The molecular formula is C25H33ClN2O5S. The molecule has 2 aromatic rings. The molecule has 1 heterocycles. The van der Waals surface area contributed by atoms with E-state index in [1.165, 1.54) is 13.2 Å². The molecule has 1 aliphatic rings. The van der Waals surface area contributed by atoms with Crippen molar-refractivity contribution in [3.05, 3.63) is 53.1 Å². The number of hydrogen-bond acceptors (Lipinski definition) is 5. The van der Waals surface area contributed by atoms with Gasteiger partial charge in [0.05, 0.1) is 25.1 Å². The first-order valence-electron chi connectivity index (χ1n) is 11.5. The highest BCUT2D eigenvalue weighted by Crippen LogP contribution is 2.43. The van der Waals surface area contributed by atoms with E-state index in [9.17, 15) is 13.2 Å². The van der Waals surface area contributed by atoms with E-state index < -0.39 is 27.6 Å². The van der Waals surface area contributed by atoms with Gasteiger partial charge in [-0.1, -0.05) is 50.6 Å². The summed E-state index contributed by atoms with van der Waals surface area (Å²) in [6, 6.07) is 11.1. The van der Waals surface area contributed by atoms with Gasteiger partial charge >= 0.3 is 0 Å². The third kappa shape index (κ3) is 5.28. The van der Waals surface area contributed by atoms with Crippen LogP contribution in [-0.4, -0.2) is 39.3 Å². The van der Waals surface area contributed by atoms with Crippen molar-refractivity contribution in [1.29, 1.82) is 0 Å². The summed E-state index contributed by atoms with van der Waals surface area (Å²) in [5, 5.41) is 3.47. The lowest BCUT2D eigenvalue weighted by Crippen LogP contribution is -2.52. The number of carbonyl (C=O) groups is 1. The van der Waals surface area contributed by atoms with Crippen LogP contribution in [0.15, 0.2) is 42.5 Å². The molecule has 1 aliphatic heterocycles. The van der Waals surface area contributed by atoms with Crippen molar-refractivity contribution >= 4 is 33.2 Å². The third-order valence-corrected chi connectivity index (χ3v) is 7.91. The van der Waals surface area contributed by atoms with Crippen LogP contribution in [0.1, 0.15) is 58.1 Å². The van der Waals surface area contributed by atoms with Crippen LogP contribution < -0.4 is 19.1 Å². The number of hydrogen-bond donors (Lipinski definition) is 1. The number of nitrogens with one attached hydrogen (secondary N) is 1. The average molecular weight is 509 g/mol. The highest BCUT2D eigenvalue weighted by Gasteiger charge is 2.41. The van der Waals surface area contributed by atoms with Crippen LogP contribution in [0.5, 0.6) is 11.5 Å². The van der Waals surface area contributed by atoms with Crippen molar-refractivity contribution < 1.29 is 22.7 Å². The van der Waals surface area contributed by atoms with Gasteiger partial charge in [-0.05, 0) is 43.5 Å². The van der Waals surface area contributed by atoms with E-state index in [-0.39, 0.29) is 18.2 Å². The number of carbonyl (C=O) groups excluding carboxylic acids is 1. The van der Waals surface area contributed by atoms with Gasteiger partial charge in [-0.25, -0.2) is 8.42 Å². The molecule has 0 fully saturated rings. The van der Waals surface area contributed by atoms with E-state index in [4.69, 9.17) is 21.1 Å². The van der Waals surface area contributed by atoms with E-state index >= 15 is 0 Å². The van der Waals surface area contributed by atoms with Gasteiger partial charge in [0.15, 0.2) is 0 Å². The zero-order valence-corrected chi connectivity index (χ0v) is 21.9. The number of fused-ring (bicyclic) bond motifs is 1. The predicted octanol–water partition coefficient (Wildman–Crippen LogP) is 5.09. The Morgan fingerprint density at radius 2 is 1.91 bits per heavy atom. The Kier molecular flexibility index (Phi) is 8.03. The Bertz CT molecular complexity index is 1130. The predicted molar refractivity (Wildman–Crippen MR) is 135 cm³/mol. The van der Waals surface area contributed by atoms with Crippen molar-refractivity contribution in [2.45, 2.75) is 64.1 Å². The van der Waals surface area contributed by atoms with Crippen molar-refractivity contribution in [2.75, 3.05) is 17.7 Å². The summed E-state index contributed by atoms with van der Waals surface area (Å²) in [5.41, 5.74) is 0.707. The summed E-state index contributed by atoms with van der Waals surface area (Å²) in [6.45, 7) is 5.92. The Labute approximate surface area is 207 Å². The molecule has 0 saturated carbocycles. The smallest absolute Gasteiger partial charge is 0.244 e. The van der Waals surface area contributed by atoms with Crippen LogP contribution in [0.3, 0.4) is 0 Å². The monoisotopic (exact) mass is 508 g/mol. The fraction of sp³-hybridized carbons (Fsp3) is 0.480. The summed E-state index contributed by atoms with van der Waals surface area (Å²) in [4.78, 5) is 13.7. The molecule has 3 rings (SSSR count). The van der Waals surface area contributed by atoms with Crippen LogP contribution in [-0.2, 0) is 14.8 Å². The minimum atomic E-state index is -3.85. The number of ether oxygens (including phenoxy) is 2. The molecule has 2 unspecified atom stereocenters. The minimum Gasteiger partial charge on any atom is -0.495 e. The highest BCUT2D eigenvalue weighted by molar-refractivity contribution is 7.92. The van der Waals surface area contributed by atoms with Gasteiger partial charge < -0.3 is 14.8 Å². The van der Waals surface area contributed by atoms with Gasteiger partial charge in [0.25, 0.3) is 0 Å². The first-order chi connectivity index (χ1) is 16.1. The number of benzene rings is 2. The van der Waals surface area contributed by atoms with E-state index in [0.29, 0.717) is 17.2 Å². The maximum absolute atomic E-state index is 13.7. The maximum Gasteiger partial charge on any atom is 0.244 e. The van der Waals surface area contributed by atoms with Crippen LogP contribution in [0.2, 0.25) is 5.02 Å². The number of rotatable bonds is 9. The van der Waals surface area contributed by atoms with Gasteiger partial charge in [-0.15, -0.1) is 0 Å². The molecule has 0 radical (unpaired) electrons. The second-order valence-electron chi connectivity index (χ2n) is 8.59. The first kappa shape index (κ1) is 26.2. The number of methoxy groups -OCH3 is 1. The number of sulfonamides is 1. The molecule has 7 nitrogen and oxygen atoms in total. The average Bonchev–Trinajstić information content (AvgIpc) is 2.81. The SMILES string of the molecule is CCC(C(=O)NC1CC(CC)(CC)Oc2ccccc21)N(c1cc(Cl)ccc1OC)S(C)(=O)=O. The van der Waals surface area contributed by atoms with Gasteiger partial charge in [0, 0.05) is 17.0 Å². The second kappa shape index (κ2) is 10.4. The topological polar surface area (TPSA) is 84.9 Å². The number of anilines is 1.